The molecule has 64 heavy (non-hydrogen) atoms. The van der Waals surface area contributed by atoms with Crippen LogP contribution in [0.5, 0.6) is 5.75 Å². The Morgan fingerprint density at radius 3 is 2.38 bits per heavy atom. The van der Waals surface area contributed by atoms with E-state index in [9.17, 15) is 28.8 Å². The monoisotopic (exact) mass is 893 g/mol. The second kappa shape index (κ2) is 17.8. The molecule has 4 fully saturated rings. The van der Waals surface area contributed by atoms with E-state index in [1.807, 2.05) is 38.1 Å². The minimum atomic E-state index is -0.975. The topological polar surface area (TPSA) is 195 Å². The van der Waals surface area contributed by atoms with Crippen molar-refractivity contribution in [2.75, 3.05) is 87.7 Å². The normalized spacial score (nSPS) is 20.2. The van der Waals surface area contributed by atoms with Gasteiger partial charge >= 0.3 is 0 Å². The number of anilines is 4. The van der Waals surface area contributed by atoms with Crippen molar-refractivity contribution >= 4 is 75.2 Å². The third-order valence-corrected chi connectivity index (χ3v) is 13.4. The summed E-state index contributed by atoms with van der Waals surface area (Å²) in [7, 11) is 1.51. The molecular weight excluding hydrogens is 842 g/mol. The summed E-state index contributed by atoms with van der Waals surface area (Å²) in [5, 5.41) is 9.22. The first-order valence-corrected chi connectivity index (χ1v) is 22.4. The minimum Gasteiger partial charge on any atom is -0.478 e. The maximum Gasteiger partial charge on any atom is 0.293 e. The van der Waals surface area contributed by atoms with E-state index >= 15 is 0 Å². The number of imide groups is 2. The van der Waals surface area contributed by atoms with Gasteiger partial charge in [0.25, 0.3) is 23.3 Å². The van der Waals surface area contributed by atoms with Gasteiger partial charge in [0, 0.05) is 101 Å². The zero-order valence-electron chi connectivity index (χ0n) is 36.1. The molecule has 2 aromatic carbocycles. The maximum absolute atomic E-state index is 13.4. The Kier molecular flexibility index (Phi) is 12.0. The van der Waals surface area contributed by atoms with Crippen molar-refractivity contribution in [3.63, 3.8) is 0 Å². The minimum absolute atomic E-state index is 0.0899. The number of likely N-dealkylation sites (N-methyl/N-ethyl adjacent to an activating group) is 1. The van der Waals surface area contributed by atoms with Crippen LogP contribution in [0.1, 0.15) is 66.3 Å². The molecule has 4 aromatic rings. The number of amides is 5. The zero-order chi connectivity index (χ0) is 44.8. The van der Waals surface area contributed by atoms with Crippen molar-refractivity contribution in [1.29, 1.82) is 0 Å². The number of piperidine rings is 2. The highest BCUT2D eigenvalue weighted by Gasteiger charge is 2.45. The Morgan fingerprint density at radius 1 is 0.906 bits per heavy atom. The molecule has 336 valence electrons. The van der Waals surface area contributed by atoms with E-state index in [1.165, 1.54) is 7.05 Å². The molecule has 5 amide bonds. The summed E-state index contributed by atoms with van der Waals surface area (Å²) in [4.78, 5) is 95.7. The number of benzene rings is 2. The predicted octanol–water partition coefficient (Wildman–Crippen LogP) is 3.02. The fourth-order valence-corrected chi connectivity index (χ4v) is 9.77. The molecule has 18 nitrogen and oxygen atoms in total. The van der Waals surface area contributed by atoms with E-state index in [0.29, 0.717) is 45.6 Å². The van der Waals surface area contributed by atoms with Gasteiger partial charge in [-0.15, -0.1) is 0 Å². The molecule has 4 saturated heterocycles. The Balaban J connectivity index is 0.745. The largest absolute Gasteiger partial charge is 0.478 e. The summed E-state index contributed by atoms with van der Waals surface area (Å²) in [6.45, 7) is 11.8. The van der Waals surface area contributed by atoms with Crippen LogP contribution in [0.15, 0.2) is 53.5 Å². The Labute approximate surface area is 374 Å². The number of carbonyl (C=O) groups excluding carboxylic acids is 5. The number of fused-ring (bicyclic) bond motifs is 2. The number of halogens is 1. The predicted molar refractivity (Wildman–Crippen MR) is 241 cm³/mol. The molecule has 9 rings (SSSR count). The van der Waals surface area contributed by atoms with Crippen LogP contribution in [0.4, 0.5) is 23.1 Å². The average molecular weight is 894 g/mol. The molecule has 7 heterocycles. The number of ether oxygens (including phenoxy) is 1. The maximum atomic E-state index is 13.4. The standard InChI is InChI=1S/C45H52ClN11O7/c1-26(2)56-35-7-4-29(18-28(35)19-37(44(56)63)64-25-39(59)47-3)49-40-34(46)21-48-45(51-40)54-16-14-52(15-17-54)22-27-23-55(24-27)30-10-12-53(13-11-30)31-5-6-32-33(20-31)43(62)57(42(32)61)36-8-9-38(58)50-41(36)60/h4-7,18-21,26-27,30,36H,8-17,22-25H2,1-3H3,(H,47,59)(H,48,49,51)(H,50,58,60). The van der Waals surface area contributed by atoms with Gasteiger partial charge in [-0.05, 0) is 81.5 Å². The van der Waals surface area contributed by atoms with Gasteiger partial charge < -0.3 is 29.7 Å². The molecule has 0 saturated carbocycles. The van der Waals surface area contributed by atoms with Crippen LogP contribution >= 0.6 is 11.6 Å². The number of piperazine rings is 1. The number of likely N-dealkylation sites (tertiary alicyclic amines) is 1. The van der Waals surface area contributed by atoms with Gasteiger partial charge in [0.05, 0.1) is 22.8 Å². The first-order valence-electron chi connectivity index (χ1n) is 22.0. The van der Waals surface area contributed by atoms with Gasteiger partial charge in [-0.25, -0.2) is 4.98 Å². The van der Waals surface area contributed by atoms with Crippen LogP contribution in [-0.4, -0.2) is 143 Å². The van der Waals surface area contributed by atoms with E-state index in [-0.39, 0.29) is 42.7 Å². The molecule has 19 heteroatoms. The quantitative estimate of drug-likeness (QED) is 0.176. The number of aromatic nitrogens is 3. The lowest BCUT2D eigenvalue weighted by Crippen LogP contribution is -2.59. The molecule has 0 spiro atoms. The lowest BCUT2D eigenvalue weighted by atomic mass is 9.92. The van der Waals surface area contributed by atoms with Crippen LogP contribution in [0.3, 0.4) is 0 Å². The number of nitrogens with one attached hydrogen (secondary N) is 3. The number of nitrogens with zero attached hydrogens (tertiary/aromatic N) is 8. The van der Waals surface area contributed by atoms with Gasteiger partial charge in [-0.2, -0.15) is 4.98 Å². The van der Waals surface area contributed by atoms with Crippen LogP contribution in [0.2, 0.25) is 5.02 Å². The van der Waals surface area contributed by atoms with Crippen molar-refractivity contribution < 1.29 is 28.7 Å². The smallest absolute Gasteiger partial charge is 0.293 e. The van der Waals surface area contributed by atoms with Crippen molar-refractivity contribution in [2.24, 2.45) is 5.92 Å². The first kappa shape index (κ1) is 43.2. The van der Waals surface area contributed by atoms with E-state index in [1.54, 1.807) is 29.0 Å². The van der Waals surface area contributed by atoms with E-state index in [0.717, 1.165) is 93.2 Å². The Morgan fingerprint density at radius 2 is 1.66 bits per heavy atom. The van der Waals surface area contributed by atoms with E-state index in [2.05, 4.69) is 40.5 Å². The molecule has 5 aliphatic rings. The second-order valence-electron chi connectivity index (χ2n) is 17.5. The number of hydrogen-bond donors (Lipinski definition) is 3. The SMILES string of the molecule is CNC(=O)COc1cc2cc(Nc3nc(N4CCN(CC5CN(C6CCN(c7ccc8c(c7)C(=O)N(C7CCC(=O)NC7=O)C8=O)CC6)C5)CC4)ncc3Cl)ccc2n(C(C)C)c1=O. The van der Waals surface area contributed by atoms with Crippen LogP contribution in [-0.2, 0) is 14.4 Å². The molecular formula is C45H52ClN11O7. The van der Waals surface area contributed by atoms with Crippen LogP contribution in [0, 0.1) is 5.92 Å². The van der Waals surface area contributed by atoms with Gasteiger partial charge in [-0.1, -0.05) is 11.6 Å². The highest BCUT2D eigenvalue weighted by molar-refractivity contribution is 6.33. The molecule has 1 atom stereocenters. The summed E-state index contributed by atoms with van der Waals surface area (Å²) < 4.78 is 7.27. The highest BCUT2D eigenvalue weighted by Crippen LogP contribution is 2.34. The van der Waals surface area contributed by atoms with Gasteiger partial charge in [0.2, 0.25) is 17.8 Å². The fraction of sp³-hybridized carbons (Fsp3) is 0.467. The van der Waals surface area contributed by atoms with Crippen molar-refractivity contribution in [2.45, 2.75) is 57.7 Å². The first-order chi connectivity index (χ1) is 30.8. The van der Waals surface area contributed by atoms with Crippen LogP contribution < -0.4 is 36.0 Å². The molecule has 3 N–H and O–H groups in total. The van der Waals surface area contributed by atoms with Gasteiger partial charge in [0.1, 0.15) is 11.1 Å². The third kappa shape index (κ3) is 8.48. The van der Waals surface area contributed by atoms with Crippen molar-refractivity contribution in [3.05, 3.63) is 75.2 Å². The average Bonchev–Trinajstić information content (AvgIpc) is 3.52. The lowest BCUT2D eigenvalue weighted by molar-refractivity contribution is -0.136. The molecule has 0 bridgehead atoms. The van der Waals surface area contributed by atoms with Gasteiger partial charge in [-0.3, -0.25) is 48.8 Å². The van der Waals surface area contributed by atoms with Gasteiger partial charge in [0.15, 0.2) is 18.2 Å². The van der Waals surface area contributed by atoms with Crippen molar-refractivity contribution in [3.8, 4) is 5.75 Å². The number of pyridine rings is 1. The second-order valence-corrected chi connectivity index (χ2v) is 17.9. The molecule has 2 aromatic heterocycles. The zero-order valence-corrected chi connectivity index (χ0v) is 36.9. The van der Waals surface area contributed by atoms with Crippen LogP contribution in [0.25, 0.3) is 10.9 Å². The summed E-state index contributed by atoms with van der Waals surface area (Å²) in [6, 6.07) is 12.0. The summed E-state index contributed by atoms with van der Waals surface area (Å²) in [5.74, 6) is -0.537. The molecule has 0 radical (unpaired) electrons. The van der Waals surface area contributed by atoms with Crippen molar-refractivity contribution in [1.82, 2.24) is 39.9 Å². The Bertz CT molecular complexity index is 2580. The molecule has 5 aliphatic heterocycles. The lowest BCUT2D eigenvalue weighted by Gasteiger charge is -2.49. The Hall–Kier alpha value is -6.11. The third-order valence-electron chi connectivity index (χ3n) is 13.1. The molecule has 0 aliphatic carbocycles. The molecule has 1 unspecified atom stereocenters. The number of carbonyl (C=O) groups is 5. The highest BCUT2D eigenvalue weighted by atomic mass is 35.5. The van der Waals surface area contributed by atoms with E-state index < -0.39 is 29.7 Å². The summed E-state index contributed by atoms with van der Waals surface area (Å²) in [6.07, 6.45) is 3.85. The summed E-state index contributed by atoms with van der Waals surface area (Å²) in [5.41, 5.74) is 2.65. The summed E-state index contributed by atoms with van der Waals surface area (Å²) >= 11 is 6.60. The fourth-order valence-electron chi connectivity index (χ4n) is 9.63. The number of hydrogen-bond acceptors (Lipinski definition) is 14. The number of rotatable bonds is 12. The van der Waals surface area contributed by atoms with E-state index in [4.69, 9.17) is 21.3 Å².